The molecule has 5 heteroatoms. The Morgan fingerprint density at radius 3 is 2.65 bits per heavy atom. The molecule has 1 atom stereocenters. The minimum Gasteiger partial charge on any atom is -0.508 e. The van der Waals surface area contributed by atoms with Crippen molar-refractivity contribution in [2.75, 3.05) is 25.6 Å². The van der Waals surface area contributed by atoms with Crippen LogP contribution in [0.5, 0.6) is 5.75 Å². The summed E-state index contributed by atoms with van der Waals surface area (Å²) in [6, 6.07) is 6.45. The fourth-order valence-corrected chi connectivity index (χ4v) is 1.29. The summed E-state index contributed by atoms with van der Waals surface area (Å²) in [6.45, 7) is 2.23. The van der Waals surface area contributed by atoms with Gasteiger partial charge in [0, 0.05) is 12.8 Å². The van der Waals surface area contributed by atoms with Crippen LogP contribution >= 0.6 is 0 Å². The molecule has 0 radical (unpaired) electrons. The molecular formula is C12H17NO4. The van der Waals surface area contributed by atoms with Gasteiger partial charge in [-0.15, -0.1) is 0 Å². The van der Waals surface area contributed by atoms with Crippen molar-refractivity contribution in [2.45, 2.75) is 13.0 Å². The number of phenols is 1. The maximum atomic E-state index is 11.4. The van der Waals surface area contributed by atoms with E-state index in [0.717, 1.165) is 5.69 Å². The molecule has 1 aromatic rings. The van der Waals surface area contributed by atoms with E-state index in [4.69, 9.17) is 14.6 Å². The Morgan fingerprint density at radius 2 is 2.06 bits per heavy atom. The number of aromatic hydroxyl groups is 1. The zero-order valence-electron chi connectivity index (χ0n) is 9.97. The number of nitrogens with one attached hydrogen (secondary N) is 1. The average molecular weight is 239 g/mol. The highest BCUT2D eigenvalue weighted by Crippen LogP contribution is 2.13. The molecule has 1 aromatic carbocycles. The maximum absolute atomic E-state index is 11.4. The van der Waals surface area contributed by atoms with E-state index < -0.39 is 0 Å². The number of hydrogen-bond acceptors (Lipinski definition) is 5. The lowest BCUT2D eigenvalue weighted by molar-refractivity contribution is -0.148. The highest BCUT2D eigenvalue weighted by atomic mass is 16.6. The summed E-state index contributed by atoms with van der Waals surface area (Å²) in [5.41, 5.74) is 0.749. The third kappa shape index (κ3) is 5.21. The Morgan fingerprint density at radius 1 is 1.41 bits per heavy atom. The van der Waals surface area contributed by atoms with Gasteiger partial charge >= 0.3 is 5.97 Å². The molecule has 0 heterocycles. The van der Waals surface area contributed by atoms with Crippen LogP contribution in [0, 0.1) is 0 Å². The Kier molecular flexibility index (Phi) is 5.29. The molecule has 0 saturated heterocycles. The molecule has 1 unspecified atom stereocenters. The van der Waals surface area contributed by atoms with Gasteiger partial charge in [-0.1, -0.05) is 0 Å². The van der Waals surface area contributed by atoms with Crippen molar-refractivity contribution >= 4 is 11.7 Å². The molecule has 1 rings (SSSR count). The van der Waals surface area contributed by atoms with E-state index in [0.29, 0.717) is 6.61 Å². The van der Waals surface area contributed by atoms with Crippen molar-refractivity contribution in [1.29, 1.82) is 0 Å². The summed E-state index contributed by atoms with van der Waals surface area (Å²) in [5, 5.41) is 12.0. The van der Waals surface area contributed by atoms with Crippen molar-refractivity contribution in [2.24, 2.45) is 0 Å². The molecule has 0 aromatic heterocycles. The van der Waals surface area contributed by atoms with Crippen LogP contribution in [0.25, 0.3) is 0 Å². The van der Waals surface area contributed by atoms with Crippen LogP contribution in [0.2, 0.25) is 0 Å². The molecule has 0 saturated carbocycles. The van der Waals surface area contributed by atoms with Gasteiger partial charge in [0.15, 0.2) is 0 Å². The van der Waals surface area contributed by atoms with E-state index >= 15 is 0 Å². The zero-order chi connectivity index (χ0) is 12.7. The average Bonchev–Trinajstić information content (AvgIpc) is 2.28. The summed E-state index contributed by atoms with van der Waals surface area (Å²) < 4.78 is 9.92. The number of ether oxygens (including phenoxy) is 2. The van der Waals surface area contributed by atoms with E-state index in [1.807, 2.05) is 0 Å². The minimum atomic E-state index is -0.345. The van der Waals surface area contributed by atoms with Gasteiger partial charge in [0.2, 0.25) is 0 Å². The SMILES string of the molecule is COCC(C)OC(=O)CNc1ccc(O)cc1. The van der Waals surface area contributed by atoms with Gasteiger partial charge in [0.1, 0.15) is 18.4 Å². The number of anilines is 1. The van der Waals surface area contributed by atoms with Crippen LogP contribution in [0.3, 0.4) is 0 Å². The monoisotopic (exact) mass is 239 g/mol. The van der Waals surface area contributed by atoms with Crippen molar-refractivity contribution in [3.05, 3.63) is 24.3 Å². The van der Waals surface area contributed by atoms with Crippen LogP contribution in [0.15, 0.2) is 24.3 Å². The van der Waals surface area contributed by atoms with Crippen molar-refractivity contribution < 1.29 is 19.4 Å². The molecule has 0 aliphatic carbocycles. The van der Waals surface area contributed by atoms with Gasteiger partial charge in [-0.2, -0.15) is 0 Å². The number of phenolic OH excluding ortho intramolecular Hbond substituents is 1. The second-order valence-electron chi connectivity index (χ2n) is 3.66. The summed E-state index contributed by atoms with van der Waals surface area (Å²) >= 11 is 0. The molecule has 5 nitrogen and oxygen atoms in total. The van der Waals surface area contributed by atoms with Crippen LogP contribution in [-0.2, 0) is 14.3 Å². The van der Waals surface area contributed by atoms with Crippen LogP contribution in [0.1, 0.15) is 6.92 Å². The maximum Gasteiger partial charge on any atom is 0.325 e. The highest BCUT2D eigenvalue weighted by Gasteiger charge is 2.08. The Balaban J connectivity index is 2.30. The van der Waals surface area contributed by atoms with Crippen molar-refractivity contribution in [3.8, 4) is 5.75 Å². The lowest BCUT2D eigenvalue weighted by Gasteiger charge is -2.12. The van der Waals surface area contributed by atoms with Gasteiger partial charge in [-0.05, 0) is 31.2 Å². The Hall–Kier alpha value is -1.75. The smallest absolute Gasteiger partial charge is 0.325 e. The zero-order valence-corrected chi connectivity index (χ0v) is 9.97. The number of esters is 1. The van der Waals surface area contributed by atoms with E-state index in [-0.39, 0.29) is 24.4 Å². The Bertz CT molecular complexity index is 350. The number of benzene rings is 1. The number of carbonyl (C=O) groups is 1. The van der Waals surface area contributed by atoms with Crippen molar-refractivity contribution in [3.63, 3.8) is 0 Å². The third-order valence-corrected chi connectivity index (χ3v) is 2.04. The van der Waals surface area contributed by atoms with Crippen molar-refractivity contribution in [1.82, 2.24) is 0 Å². The standard InChI is InChI=1S/C12H17NO4/c1-9(8-16-2)17-12(15)7-13-10-3-5-11(14)6-4-10/h3-6,9,13-14H,7-8H2,1-2H3. The molecule has 0 aliphatic heterocycles. The molecule has 0 amide bonds. The van der Waals surface area contributed by atoms with Crippen LogP contribution in [-0.4, -0.2) is 37.4 Å². The van der Waals surface area contributed by atoms with Gasteiger partial charge in [-0.25, -0.2) is 0 Å². The molecule has 17 heavy (non-hydrogen) atoms. The second kappa shape index (κ2) is 6.75. The highest BCUT2D eigenvalue weighted by molar-refractivity contribution is 5.75. The van der Waals surface area contributed by atoms with E-state index in [2.05, 4.69) is 5.32 Å². The lowest BCUT2D eigenvalue weighted by atomic mass is 10.3. The summed E-state index contributed by atoms with van der Waals surface area (Å²) in [7, 11) is 1.55. The Labute approximate surface area is 100 Å². The van der Waals surface area contributed by atoms with Gasteiger partial charge in [0.05, 0.1) is 6.61 Å². The minimum absolute atomic E-state index is 0.0822. The van der Waals surface area contributed by atoms with E-state index in [9.17, 15) is 4.79 Å². The topological polar surface area (TPSA) is 67.8 Å². The fraction of sp³-hybridized carbons (Fsp3) is 0.417. The quantitative estimate of drug-likeness (QED) is 0.580. The normalized spacial score (nSPS) is 11.9. The number of carbonyl (C=O) groups excluding carboxylic acids is 1. The first-order chi connectivity index (χ1) is 8.11. The molecular weight excluding hydrogens is 222 g/mol. The summed E-state index contributed by atoms with van der Waals surface area (Å²) in [6.07, 6.45) is -0.255. The second-order valence-corrected chi connectivity index (χ2v) is 3.66. The summed E-state index contributed by atoms with van der Waals surface area (Å²) in [4.78, 5) is 11.4. The molecule has 2 N–H and O–H groups in total. The molecule has 94 valence electrons. The largest absolute Gasteiger partial charge is 0.508 e. The summed E-state index contributed by atoms with van der Waals surface area (Å²) in [5.74, 6) is -0.158. The van der Waals surface area contributed by atoms with Gasteiger partial charge < -0.3 is 19.9 Å². The predicted octanol–water partition coefficient (Wildman–Crippen LogP) is 1.38. The predicted molar refractivity (Wildman–Crippen MR) is 64.0 cm³/mol. The molecule has 0 bridgehead atoms. The first-order valence-corrected chi connectivity index (χ1v) is 5.33. The molecule has 0 spiro atoms. The fourth-order valence-electron chi connectivity index (χ4n) is 1.29. The first-order valence-electron chi connectivity index (χ1n) is 5.33. The van der Waals surface area contributed by atoms with E-state index in [1.54, 1.807) is 38.3 Å². The molecule has 0 fully saturated rings. The lowest BCUT2D eigenvalue weighted by Crippen LogP contribution is -2.24. The molecule has 0 aliphatic rings. The van der Waals surface area contributed by atoms with Gasteiger partial charge in [-0.3, -0.25) is 4.79 Å². The van der Waals surface area contributed by atoms with Crippen LogP contribution in [0.4, 0.5) is 5.69 Å². The third-order valence-electron chi connectivity index (χ3n) is 2.04. The first kappa shape index (κ1) is 13.3. The number of hydrogen-bond donors (Lipinski definition) is 2. The van der Waals surface area contributed by atoms with Gasteiger partial charge in [0.25, 0.3) is 0 Å². The van der Waals surface area contributed by atoms with E-state index in [1.165, 1.54) is 0 Å². The number of rotatable bonds is 6. The van der Waals surface area contributed by atoms with Crippen LogP contribution < -0.4 is 5.32 Å². The number of methoxy groups -OCH3 is 1.